The molecule has 3 N–H and O–H groups in total. The maximum Gasteiger partial charge on any atom is 0.407 e. The van der Waals surface area contributed by atoms with E-state index < -0.39 is 91.2 Å². The molecule has 5 rings (SSSR count). The molecule has 2 aromatic rings. The van der Waals surface area contributed by atoms with Crippen molar-refractivity contribution in [2.75, 3.05) is 18.9 Å². The summed E-state index contributed by atoms with van der Waals surface area (Å²) in [7, 11) is -7.63. The summed E-state index contributed by atoms with van der Waals surface area (Å²) in [5, 5.41) is 2.33. The number of sulfone groups is 1. The first-order valence-electron chi connectivity index (χ1n) is 13.2. The van der Waals surface area contributed by atoms with Crippen LogP contribution in [-0.2, 0) is 24.6 Å². The number of rotatable bonds is 9. The number of halogens is 3. The summed E-state index contributed by atoms with van der Waals surface area (Å²) in [6.45, 7) is -0.805. The van der Waals surface area contributed by atoms with E-state index in [0.29, 0.717) is 24.5 Å². The Balaban J connectivity index is 1.13. The lowest BCUT2D eigenvalue weighted by Gasteiger charge is -2.39. The highest BCUT2D eigenvalue weighted by molar-refractivity contribution is 7.95. The van der Waals surface area contributed by atoms with Crippen LogP contribution in [0.4, 0.5) is 18.0 Å². The first-order valence-corrected chi connectivity index (χ1v) is 16.3. The van der Waals surface area contributed by atoms with Crippen molar-refractivity contribution in [2.24, 2.45) is 11.7 Å². The molecule has 2 aromatic carbocycles. The molecule has 0 aromatic heterocycles. The second-order valence-electron chi connectivity index (χ2n) is 10.6. The number of benzene rings is 2. The van der Waals surface area contributed by atoms with Gasteiger partial charge in [-0.3, -0.25) is 4.79 Å². The van der Waals surface area contributed by atoms with Gasteiger partial charge in [-0.15, -0.1) is 0 Å². The molecule has 0 aliphatic carbocycles. The van der Waals surface area contributed by atoms with Gasteiger partial charge in [0.25, 0.3) is 0 Å². The molecule has 42 heavy (non-hydrogen) atoms. The zero-order valence-corrected chi connectivity index (χ0v) is 23.8. The lowest BCUT2D eigenvalue weighted by atomic mass is 9.83. The van der Waals surface area contributed by atoms with Gasteiger partial charge in [0.2, 0.25) is 19.9 Å². The Labute approximate surface area is 240 Å². The number of Topliss-reactive ketones (excluding diaryl/α,β-unsaturated/α-hetero) is 1. The minimum atomic E-state index is -3.86. The molecule has 2 fully saturated rings. The standard InChI is InChI=1S/C27H28F3N3O7S2/c28-21-13-23(30)22(29)12-20(21)26(34)25(31)16-9-17-5-6-18(10-16)33(17)41(36,37)8-7-32-27(35)40-14-19-11-15-3-1-2-4-24(15)42(19,38)39/h1-4,11-13,16-18,25H,5-10,14,31H2,(H,32,35). The Morgan fingerprint density at radius 1 is 1.05 bits per heavy atom. The smallest absolute Gasteiger partial charge is 0.407 e. The number of amides is 1. The van der Waals surface area contributed by atoms with E-state index in [0.717, 1.165) is 0 Å². The summed E-state index contributed by atoms with van der Waals surface area (Å²) in [6, 6.07) is 4.92. The molecule has 2 saturated heterocycles. The Hall–Kier alpha value is -3.27. The van der Waals surface area contributed by atoms with Crippen LogP contribution in [0.1, 0.15) is 41.6 Å². The van der Waals surface area contributed by atoms with Crippen molar-refractivity contribution >= 4 is 37.8 Å². The van der Waals surface area contributed by atoms with E-state index in [1.807, 2.05) is 0 Å². The van der Waals surface area contributed by atoms with Crippen molar-refractivity contribution in [1.29, 1.82) is 0 Å². The molecule has 1 amide bonds. The molecule has 10 nitrogen and oxygen atoms in total. The predicted octanol–water partition coefficient (Wildman–Crippen LogP) is 2.74. The van der Waals surface area contributed by atoms with Crippen LogP contribution < -0.4 is 11.1 Å². The molecular formula is C27H28F3N3O7S2. The van der Waals surface area contributed by atoms with E-state index in [1.165, 1.54) is 16.4 Å². The van der Waals surface area contributed by atoms with Crippen LogP contribution in [0, 0.1) is 23.4 Å². The molecular weight excluding hydrogens is 599 g/mol. The number of ether oxygens (including phenoxy) is 1. The number of nitrogens with one attached hydrogen (secondary N) is 1. The minimum absolute atomic E-state index is 0.0880. The molecule has 2 bridgehead atoms. The summed E-state index contributed by atoms with van der Waals surface area (Å²) in [6.07, 6.45) is 1.90. The second-order valence-corrected chi connectivity index (χ2v) is 14.5. The first-order chi connectivity index (χ1) is 19.8. The number of sulfonamides is 1. The molecule has 3 unspecified atom stereocenters. The highest BCUT2D eigenvalue weighted by Crippen LogP contribution is 2.42. The zero-order chi connectivity index (χ0) is 30.4. The van der Waals surface area contributed by atoms with Crippen LogP contribution in [0.3, 0.4) is 0 Å². The van der Waals surface area contributed by atoms with Crippen LogP contribution in [-0.4, -0.2) is 70.0 Å². The lowest BCUT2D eigenvalue weighted by molar-refractivity contribution is 0.0877. The van der Waals surface area contributed by atoms with Crippen LogP contribution in [0.2, 0.25) is 0 Å². The predicted molar refractivity (Wildman–Crippen MR) is 145 cm³/mol. The van der Waals surface area contributed by atoms with E-state index >= 15 is 0 Å². The van der Waals surface area contributed by atoms with Gasteiger partial charge in [-0.2, -0.15) is 4.31 Å². The van der Waals surface area contributed by atoms with Gasteiger partial charge in [-0.05, 0) is 55.4 Å². The fourth-order valence-electron chi connectivity index (χ4n) is 5.96. The van der Waals surface area contributed by atoms with Crippen molar-refractivity contribution in [3.05, 3.63) is 69.9 Å². The Morgan fingerprint density at radius 3 is 2.36 bits per heavy atom. The highest BCUT2D eigenvalue weighted by Gasteiger charge is 2.48. The van der Waals surface area contributed by atoms with Crippen molar-refractivity contribution in [2.45, 2.75) is 48.7 Å². The third-order valence-electron chi connectivity index (χ3n) is 7.95. The van der Waals surface area contributed by atoms with Crippen molar-refractivity contribution in [3.63, 3.8) is 0 Å². The average molecular weight is 628 g/mol. The SMILES string of the molecule is NC(C(=O)c1cc(F)c(F)cc1F)C1CC2CCC(C1)N2S(=O)(=O)CCNC(=O)OCC1=Cc2ccccc2S1(=O)=O. The van der Waals surface area contributed by atoms with Gasteiger partial charge in [0.15, 0.2) is 17.4 Å². The monoisotopic (exact) mass is 627 g/mol. The maximum atomic E-state index is 14.1. The van der Waals surface area contributed by atoms with Gasteiger partial charge >= 0.3 is 6.09 Å². The molecule has 226 valence electrons. The van der Waals surface area contributed by atoms with Crippen LogP contribution >= 0.6 is 0 Å². The maximum absolute atomic E-state index is 14.1. The topological polar surface area (TPSA) is 153 Å². The summed E-state index contributed by atoms with van der Waals surface area (Å²) < 4.78 is 98.9. The number of nitrogens with two attached hydrogens (primary N) is 1. The zero-order valence-electron chi connectivity index (χ0n) is 22.1. The summed E-state index contributed by atoms with van der Waals surface area (Å²) in [5.74, 6) is -5.87. The molecule has 3 aliphatic rings. The van der Waals surface area contributed by atoms with Gasteiger partial charge in [0, 0.05) is 24.7 Å². The number of nitrogens with zero attached hydrogens (tertiary/aromatic N) is 1. The number of piperidine rings is 1. The minimum Gasteiger partial charge on any atom is -0.444 e. The number of alkyl carbamates (subject to hydrolysis) is 1. The van der Waals surface area contributed by atoms with Crippen molar-refractivity contribution in [3.8, 4) is 0 Å². The number of carbonyl (C=O) groups excluding carboxylic acids is 2. The Morgan fingerprint density at radius 2 is 1.69 bits per heavy atom. The number of carbonyl (C=O) groups is 2. The summed E-state index contributed by atoms with van der Waals surface area (Å²) in [4.78, 5) is 25.0. The van der Waals surface area contributed by atoms with Crippen LogP contribution in [0.25, 0.3) is 6.08 Å². The highest BCUT2D eigenvalue weighted by atomic mass is 32.2. The second kappa shape index (κ2) is 11.4. The van der Waals surface area contributed by atoms with E-state index in [-0.39, 0.29) is 35.3 Å². The average Bonchev–Trinajstić information content (AvgIpc) is 3.37. The molecule has 0 saturated carbocycles. The van der Waals surface area contributed by atoms with Crippen LogP contribution in [0.15, 0.2) is 46.2 Å². The molecule has 15 heteroatoms. The molecule has 3 heterocycles. The van der Waals surface area contributed by atoms with Gasteiger partial charge in [0.1, 0.15) is 12.4 Å². The number of hydrogen-bond donors (Lipinski definition) is 2. The number of hydrogen-bond acceptors (Lipinski definition) is 8. The van der Waals surface area contributed by atoms with Crippen LogP contribution in [0.5, 0.6) is 0 Å². The number of ketones is 1. The Kier molecular flexibility index (Phi) is 8.22. The van der Waals surface area contributed by atoms with E-state index in [2.05, 4.69) is 5.32 Å². The third kappa shape index (κ3) is 5.70. The van der Waals surface area contributed by atoms with Crippen molar-refractivity contribution in [1.82, 2.24) is 9.62 Å². The molecule has 0 spiro atoms. The van der Waals surface area contributed by atoms with E-state index in [1.54, 1.807) is 18.2 Å². The lowest BCUT2D eigenvalue weighted by Crippen LogP contribution is -2.52. The van der Waals surface area contributed by atoms with Gasteiger partial charge in [-0.1, -0.05) is 18.2 Å². The molecule has 3 atom stereocenters. The summed E-state index contributed by atoms with van der Waals surface area (Å²) >= 11 is 0. The van der Waals surface area contributed by atoms with Gasteiger partial charge < -0.3 is 15.8 Å². The van der Waals surface area contributed by atoms with E-state index in [4.69, 9.17) is 10.5 Å². The number of fused-ring (bicyclic) bond motifs is 3. The fourth-order valence-corrected chi connectivity index (χ4v) is 9.30. The quantitative estimate of drug-likeness (QED) is 0.318. The fraction of sp³-hybridized carbons (Fsp3) is 0.407. The molecule has 0 radical (unpaired) electrons. The third-order valence-corrected chi connectivity index (χ3v) is 11.8. The Bertz CT molecular complexity index is 1670. The van der Waals surface area contributed by atoms with Gasteiger partial charge in [0.05, 0.1) is 27.2 Å². The van der Waals surface area contributed by atoms with Crippen molar-refractivity contribution < 1.29 is 44.3 Å². The largest absolute Gasteiger partial charge is 0.444 e. The van der Waals surface area contributed by atoms with E-state index in [9.17, 15) is 39.6 Å². The van der Waals surface area contributed by atoms with Gasteiger partial charge in [-0.25, -0.2) is 34.8 Å². The first kappa shape index (κ1) is 30.2. The summed E-state index contributed by atoms with van der Waals surface area (Å²) in [5.41, 5.74) is 5.94. The molecule has 3 aliphatic heterocycles. The normalized spacial score (nSPS) is 23.6.